The van der Waals surface area contributed by atoms with Crippen molar-refractivity contribution in [3.05, 3.63) is 48.4 Å². The summed E-state index contributed by atoms with van der Waals surface area (Å²) in [6.07, 6.45) is 2.78. The summed E-state index contributed by atoms with van der Waals surface area (Å²) in [6.45, 7) is 2.78. The van der Waals surface area contributed by atoms with Gasteiger partial charge in [-0.05, 0) is 49.2 Å². The van der Waals surface area contributed by atoms with Gasteiger partial charge in [0.1, 0.15) is 0 Å². The Balaban J connectivity index is 1.52. The number of carbonyl (C=O) groups excluding carboxylic acids is 3. The van der Waals surface area contributed by atoms with Gasteiger partial charge in [-0.2, -0.15) is 0 Å². The zero-order chi connectivity index (χ0) is 18.5. The number of nitrogens with zero attached hydrogens (tertiary/aromatic N) is 1. The van der Waals surface area contributed by atoms with Gasteiger partial charge in [0.25, 0.3) is 5.91 Å². The molecule has 0 bridgehead atoms. The van der Waals surface area contributed by atoms with Crippen molar-refractivity contribution >= 4 is 29.1 Å². The first kappa shape index (κ1) is 17.7. The molecule has 0 spiro atoms. The van der Waals surface area contributed by atoms with Crippen LogP contribution in [0.25, 0.3) is 0 Å². The predicted octanol–water partition coefficient (Wildman–Crippen LogP) is 2.73. The first-order chi connectivity index (χ1) is 12.5. The molecule has 0 atom stereocenters. The molecule has 0 radical (unpaired) electrons. The van der Waals surface area contributed by atoms with E-state index < -0.39 is 0 Å². The summed E-state index contributed by atoms with van der Waals surface area (Å²) >= 11 is 0. The summed E-state index contributed by atoms with van der Waals surface area (Å²) in [7, 11) is 0. The fraction of sp³-hybridized carbons (Fsp3) is 0.316. The van der Waals surface area contributed by atoms with Crippen molar-refractivity contribution in [2.24, 2.45) is 5.92 Å². The Hall–Kier alpha value is -3.09. The summed E-state index contributed by atoms with van der Waals surface area (Å²) in [5, 5.41) is 5.61. The van der Waals surface area contributed by atoms with Crippen LogP contribution in [0.2, 0.25) is 0 Å². The number of benzene rings is 1. The van der Waals surface area contributed by atoms with Crippen LogP contribution in [0.5, 0.6) is 0 Å². The molecule has 2 heterocycles. The quantitative estimate of drug-likeness (QED) is 0.882. The molecule has 0 unspecified atom stereocenters. The molecule has 0 aliphatic carbocycles. The molecule has 3 amide bonds. The van der Waals surface area contributed by atoms with Crippen molar-refractivity contribution in [1.82, 2.24) is 4.90 Å². The molecule has 2 aromatic rings. The highest BCUT2D eigenvalue weighted by atomic mass is 16.3. The molecule has 136 valence electrons. The number of furan rings is 1. The minimum absolute atomic E-state index is 0.0411. The minimum atomic E-state index is -0.330. The van der Waals surface area contributed by atoms with Gasteiger partial charge in [-0.3, -0.25) is 14.4 Å². The van der Waals surface area contributed by atoms with Gasteiger partial charge in [-0.1, -0.05) is 0 Å². The third kappa shape index (κ3) is 4.30. The second-order valence-corrected chi connectivity index (χ2v) is 6.28. The zero-order valence-electron chi connectivity index (χ0n) is 14.5. The van der Waals surface area contributed by atoms with Crippen molar-refractivity contribution in [2.45, 2.75) is 19.8 Å². The fourth-order valence-electron chi connectivity index (χ4n) is 2.94. The van der Waals surface area contributed by atoms with Crippen LogP contribution in [0.15, 0.2) is 47.1 Å². The van der Waals surface area contributed by atoms with Gasteiger partial charge in [-0.25, -0.2) is 0 Å². The summed E-state index contributed by atoms with van der Waals surface area (Å²) < 4.78 is 5.04. The fourth-order valence-corrected chi connectivity index (χ4v) is 2.94. The predicted molar refractivity (Wildman–Crippen MR) is 96.7 cm³/mol. The van der Waals surface area contributed by atoms with Crippen LogP contribution in [0, 0.1) is 5.92 Å². The molecular formula is C19H21N3O4. The number of hydrogen-bond donors (Lipinski definition) is 2. The van der Waals surface area contributed by atoms with E-state index in [1.54, 1.807) is 48.2 Å². The SMILES string of the molecule is CC(=O)N1CCC(C(=O)Nc2ccc(NC(=O)c3ccco3)cc2)CC1. The van der Waals surface area contributed by atoms with Gasteiger partial charge in [0.05, 0.1) is 6.26 Å². The molecule has 7 heteroatoms. The Morgan fingerprint density at radius 2 is 1.62 bits per heavy atom. The van der Waals surface area contributed by atoms with Crippen molar-refractivity contribution in [3.8, 4) is 0 Å². The Morgan fingerprint density at radius 3 is 2.15 bits per heavy atom. The molecule has 1 aliphatic rings. The summed E-state index contributed by atoms with van der Waals surface area (Å²) in [5.41, 5.74) is 1.28. The molecule has 1 saturated heterocycles. The highest BCUT2D eigenvalue weighted by Gasteiger charge is 2.26. The largest absolute Gasteiger partial charge is 0.459 e. The smallest absolute Gasteiger partial charge is 0.291 e. The average Bonchev–Trinajstić information content (AvgIpc) is 3.18. The van der Waals surface area contributed by atoms with E-state index in [0.717, 1.165) is 0 Å². The first-order valence-corrected chi connectivity index (χ1v) is 8.54. The van der Waals surface area contributed by atoms with E-state index in [2.05, 4.69) is 10.6 Å². The molecule has 1 aromatic heterocycles. The number of likely N-dealkylation sites (tertiary alicyclic amines) is 1. The first-order valence-electron chi connectivity index (χ1n) is 8.54. The van der Waals surface area contributed by atoms with Crippen molar-refractivity contribution in [3.63, 3.8) is 0 Å². The minimum Gasteiger partial charge on any atom is -0.459 e. The average molecular weight is 355 g/mol. The Labute approximate surface area is 151 Å². The number of rotatable bonds is 4. The van der Waals surface area contributed by atoms with Gasteiger partial charge in [-0.15, -0.1) is 0 Å². The van der Waals surface area contributed by atoms with Crippen LogP contribution in [0.1, 0.15) is 30.3 Å². The Morgan fingerprint density at radius 1 is 1.00 bits per heavy atom. The van der Waals surface area contributed by atoms with E-state index in [9.17, 15) is 14.4 Å². The second-order valence-electron chi connectivity index (χ2n) is 6.28. The number of piperidine rings is 1. The molecule has 26 heavy (non-hydrogen) atoms. The Bertz CT molecular complexity index is 776. The third-order valence-electron chi connectivity index (χ3n) is 4.47. The van der Waals surface area contributed by atoms with Gasteiger partial charge in [0.2, 0.25) is 11.8 Å². The molecular weight excluding hydrogens is 334 g/mol. The van der Waals surface area contributed by atoms with Crippen LogP contribution < -0.4 is 10.6 Å². The van der Waals surface area contributed by atoms with E-state index in [4.69, 9.17) is 4.42 Å². The molecule has 3 rings (SSSR count). The lowest BCUT2D eigenvalue weighted by molar-refractivity contribution is -0.132. The zero-order valence-corrected chi connectivity index (χ0v) is 14.5. The molecule has 1 aromatic carbocycles. The maximum atomic E-state index is 12.4. The van der Waals surface area contributed by atoms with Crippen LogP contribution in [-0.2, 0) is 9.59 Å². The van der Waals surface area contributed by atoms with E-state index in [1.807, 2.05) is 0 Å². The summed E-state index contributed by atoms with van der Waals surface area (Å²) in [6, 6.07) is 10.1. The molecule has 7 nitrogen and oxygen atoms in total. The van der Waals surface area contributed by atoms with Crippen LogP contribution in [0.3, 0.4) is 0 Å². The molecule has 0 saturated carbocycles. The van der Waals surface area contributed by atoms with Gasteiger partial charge >= 0.3 is 0 Å². The number of anilines is 2. The van der Waals surface area contributed by atoms with E-state index in [1.165, 1.54) is 6.26 Å². The lowest BCUT2D eigenvalue weighted by atomic mass is 9.96. The summed E-state index contributed by atoms with van der Waals surface area (Å²) in [5.74, 6) is -0.177. The van der Waals surface area contributed by atoms with Gasteiger partial charge < -0.3 is 20.0 Å². The highest BCUT2D eigenvalue weighted by Crippen LogP contribution is 2.21. The molecule has 1 fully saturated rings. The summed E-state index contributed by atoms with van der Waals surface area (Å²) in [4.78, 5) is 37.4. The standard InChI is InChI=1S/C19H21N3O4/c1-13(23)22-10-8-14(9-11-22)18(24)20-15-4-6-16(7-5-15)21-19(25)17-3-2-12-26-17/h2-7,12,14H,8-11H2,1H3,(H,20,24)(H,21,25). The molecule has 2 N–H and O–H groups in total. The maximum absolute atomic E-state index is 12.4. The van der Waals surface area contributed by atoms with Crippen molar-refractivity contribution in [1.29, 1.82) is 0 Å². The Kier molecular flexibility index (Phi) is 5.36. The second kappa shape index (κ2) is 7.86. The highest BCUT2D eigenvalue weighted by molar-refractivity contribution is 6.02. The van der Waals surface area contributed by atoms with Gasteiger partial charge in [0, 0.05) is 37.3 Å². The van der Waals surface area contributed by atoms with Gasteiger partial charge in [0.15, 0.2) is 5.76 Å². The van der Waals surface area contributed by atoms with Crippen LogP contribution >= 0.6 is 0 Å². The third-order valence-corrected chi connectivity index (χ3v) is 4.47. The van der Waals surface area contributed by atoms with Crippen molar-refractivity contribution < 1.29 is 18.8 Å². The lowest BCUT2D eigenvalue weighted by Gasteiger charge is -2.30. The van der Waals surface area contributed by atoms with E-state index >= 15 is 0 Å². The lowest BCUT2D eigenvalue weighted by Crippen LogP contribution is -2.40. The number of nitrogens with one attached hydrogen (secondary N) is 2. The number of carbonyl (C=O) groups is 3. The van der Waals surface area contributed by atoms with Crippen LogP contribution in [-0.4, -0.2) is 35.7 Å². The van der Waals surface area contributed by atoms with E-state index in [-0.39, 0.29) is 29.4 Å². The molecule has 1 aliphatic heterocycles. The van der Waals surface area contributed by atoms with Crippen LogP contribution in [0.4, 0.5) is 11.4 Å². The normalized spacial score (nSPS) is 14.7. The monoisotopic (exact) mass is 355 g/mol. The number of amides is 3. The maximum Gasteiger partial charge on any atom is 0.291 e. The number of hydrogen-bond acceptors (Lipinski definition) is 4. The topological polar surface area (TPSA) is 91.7 Å². The van der Waals surface area contributed by atoms with E-state index in [0.29, 0.717) is 37.3 Å². The van der Waals surface area contributed by atoms with Crippen molar-refractivity contribution in [2.75, 3.05) is 23.7 Å².